The number of hydrogen-bond acceptors (Lipinski definition) is 2. The molecule has 1 atom stereocenters. The van der Waals surface area contributed by atoms with E-state index in [4.69, 9.17) is 11.6 Å². The van der Waals surface area contributed by atoms with Crippen LogP contribution in [0, 0.1) is 0 Å². The van der Waals surface area contributed by atoms with Crippen molar-refractivity contribution >= 4 is 17.5 Å². The van der Waals surface area contributed by atoms with Gasteiger partial charge in [0.2, 0.25) is 0 Å². The second-order valence-corrected chi connectivity index (χ2v) is 7.21. The van der Waals surface area contributed by atoms with Crippen molar-refractivity contribution in [2.24, 2.45) is 0 Å². The Morgan fingerprint density at radius 3 is 2.52 bits per heavy atom. The molecule has 23 heavy (non-hydrogen) atoms. The van der Waals surface area contributed by atoms with Gasteiger partial charge >= 0.3 is 0 Å². The molecule has 0 spiro atoms. The van der Waals surface area contributed by atoms with Gasteiger partial charge in [-0.15, -0.1) is 0 Å². The number of amides is 1. The quantitative estimate of drug-likeness (QED) is 0.869. The number of carbonyl (C=O) groups excluding carboxylic acids is 1. The zero-order valence-corrected chi connectivity index (χ0v) is 14.0. The fraction of sp³-hybridized carbons (Fsp3) is 0.316. The van der Waals surface area contributed by atoms with Crippen molar-refractivity contribution in [3.05, 3.63) is 70.2 Å². The predicted octanol–water partition coefficient (Wildman–Crippen LogP) is 3.53. The summed E-state index contributed by atoms with van der Waals surface area (Å²) in [4.78, 5) is 15.1. The average Bonchev–Trinajstić information content (AvgIpc) is 3.01. The topological polar surface area (TPSA) is 32.3 Å². The number of benzene rings is 2. The Morgan fingerprint density at radius 2 is 1.78 bits per heavy atom. The third kappa shape index (κ3) is 1.78. The molecule has 2 heterocycles. The van der Waals surface area contributed by atoms with Crippen LogP contribution in [-0.4, -0.2) is 23.9 Å². The molecule has 4 rings (SSSR count). The Kier molecular flexibility index (Phi) is 3.09. The molecular formula is C19H19ClN2O. The van der Waals surface area contributed by atoms with Crippen LogP contribution in [0.4, 0.5) is 0 Å². The standard InChI is InChI=1S/C19H19ClN2O/c1-18(2)16-6-4-3-5-15(16)17(23)22-12-11-21-19(18,22)13-7-9-14(20)10-8-13/h3-10,21H,11-12H2,1-2H3. The number of fused-ring (bicyclic) bond motifs is 2. The third-order valence-corrected chi connectivity index (χ3v) is 5.62. The fourth-order valence-corrected chi connectivity index (χ4v) is 4.41. The number of carbonyl (C=O) groups is 1. The first-order valence-electron chi connectivity index (χ1n) is 7.91. The van der Waals surface area contributed by atoms with E-state index in [0.717, 1.165) is 23.2 Å². The van der Waals surface area contributed by atoms with E-state index in [9.17, 15) is 4.79 Å². The highest BCUT2D eigenvalue weighted by Crippen LogP contribution is 2.51. The molecule has 1 N–H and O–H groups in total. The number of hydrogen-bond donors (Lipinski definition) is 1. The maximum absolute atomic E-state index is 13.1. The molecule has 0 aromatic heterocycles. The molecule has 118 valence electrons. The Bertz CT molecular complexity index is 784. The summed E-state index contributed by atoms with van der Waals surface area (Å²) in [6.07, 6.45) is 0. The monoisotopic (exact) mass is 326 g/mol. The van der Waals surface area contributed by atoms with Crippen LogP contribution in [0.25, 0.3) is 0 Å². The van der Waals surface area contributed by atoms with Gasteiger partial charge in [0.05, 0.1) is 0 Å². The molecule has 4 heteroatoms. The fourth-order valence-electron chi connectivity index (χ4n) is 4.29. The minimum atomic E-state index is -0.539. The lowest BCUT2D eigenvalue weighted by molar-refractivity contribution is 0.0205. The van der Waals surface area contributed by atoms with Gasteiger partial charge in [-0.1, -0.05) is 55.8 Å². The largest absolute Gasteiger partial charge is 0.314 e. The van der Waals surface area contributed by atoms with Gasteiger partial charge in [0.25, 0.3) is 5.91 Å². The van der Waals surface area contributed by atoms with E-state index in [1.807, 2.05) is 47.4 Å². The normalized spacial score (nSPS) is 25.2. The second kappa shape index (κ2) is 4.83. The van der Waals surface area contributed by atoms with Gasteiger partial charge in [-0.25, -0.2) is 0 Å². The first-order valence-corrected chi connectivity index (χ1v) is 8.29. The number of nitrogens with zero attached hydrogens (tertiary/aromatic N) is 1. The van der Waals surface area contributed by atoms with Crippen molar-refractivity contribution < 1.29 is 4.79 Å². The van der Waals surface area contributed by atoms with Crippen molar-refractivity contribution in [3.63, 3.8) is 0 Å². The molecular weight excluding hydrogens is 308 g/mol. The van der Waals surface area contributed by atoms with Crippen LogP contribution < -0.4 is 5.32 Å². The van der Waals surface area contributed by atoms with Crippen LogP contribution in [0.15, 0.2) is 48.5 Å². The average molecular weight is 327 g/mol. The Labute approximate surface area is 141 Å². The molecule has 0 bridgehead atoms. The van der Waals surface area contributed by atoms with Crippen LogP contribution in [0.2, 0.25) is 5.02 Å². The Morgan fingerprint density at radius 1 is 1.09 bits per heavy atom. The van der Waals surface area contributed by atoms with Crippen molar-refractivity contribution in [2.75, 3.05) is 13.1 Å². The molecule has 2 aromatic rings. The molecule has 1 amide bonds. The smallest absolute Gasteiger partial charge is 0.255 e. The lowest BCUT2D eigenvalue weighted by Crippen LogP contribution is -2.65. The predicted molar refractivity (Wildman–Crippen MR) is 91.6 cm³/mol. The van der Waals surface area contributed by atoms with E-state index in [1.54, 1.807) is 0 Å². The van der Waals surface area contributed by atoms with E-state index >= 15 is 0 Å². The van der Waals surface area contributed by atoms with Gasteiger partial charge in [-0.3, -0.25) is 10.1 Å². The lowest BCUT2D eigenvalue weighted by Gasteiger charge is -2.53. The molecule has 2 aromatic carbocycles. The molecule has 0 aliphatic carbocycles. The zero-order chi connectivity index (χ0) is 16.2. The highest BCUT2D eigenvalue weighted by Gasteiger charge is 2.59. The van der Waals surface area contributed by atoms with Gasteiger partial charge in [-0.2, -0.15) is 0 Å². The Balaban J connectivity index is 2.01. The molecule has 3 nitrogen and oxygen atoms in total. The molecule has 2 aliphatic heterocycles. The lowest BCUT2D eigenvalue weighted by atomic mass is 9.65. The van der Waals surface area contributed by atoms with Crippen LogP contribution >= 0.6 is 11.6 Å². The van der Waals surface area contributed by atoms with Gasteiger partial charge in [0.1, 0.15) is 5.66 Å². The first-order chi connectivity index (χ1) is 11.0. The molecule has 0 radical (unpaired) electrons. The summed E-state index contributed by atoms with van der Waals surface area (Å²) < 4.78 is 0. The van der Waals surface area contributed by atoms with Crippen LogP contribution in [-0.2, 0) is 11.1 Å². The molecule has 1 unspecified atom stereocenters. The number of rotatable bonds is 1. The summed E-state index contributed by atoms with van der Waals surface area (Å²) >= 11 is 6.07. The summed E-state index contributed by atoms with van der Waals surface area (Å²) in [6, 6.07) is 15.8. The maximum atomic E-state index is 13.1. The summed E-state index contributed by atoms with van der Waals surface area (Å²) in [7, 11) is 0. The zero-order valence-electron chi connectivity index (χ0n) is 13.3. The summed E-state index contributed by atoms with van der Waals surface area (Å²) in [5.74, 6) is 0.0971. The van der Waals surface area contributed by atoms with E-state index in [0.29, 0.717) is 11.6 Å². The number of nitrogens with one attached hydrogen (secondary N) is 1. The van der Waals surface area contributed by atoms with Crippen LogP contribution in [0.1, 0.15) is 35.3 Å². The van der Waals surface area contributed by atoms with Gasteiger partial charge in [-0.05, 0) is 29.3 Å². The summed E-state index contributed by atoms with van der Waals surface area (Å²) in [5, 5.41) is 4.34. The summed E-state index contributed by atoms with van der Waals surface area (Å²) in [6.45, 7) is 5.90. The van der Waals surface area contributed by atoms with E-state index < -0.39 is 5.66 Å². The maximum Gasteiger partial charge on any atom is 0.255 e. The van der Waals surface area contributed by atoms with E-state index in [1.165, 1.54) is 0 Å². The minimum absolute atomic E-state index is 0.0971. The second-order valence-electron chi connectivity index (χ2n) is 6.77. The van der Waals surface area contributed by atoms with Crippen LogP contribution in [0.5, 0.6) is 0 Å². The molecule has 1 fully saturated rings. The van der Waals surface area contributed by atoms with E-state index in [-0.39, 0.29) is 11.3 Å². The van der Waals surface area contributed by atoms with Crippen LogP contribution in [0.3, 0.4) is 0 Å². The van der Waals surface area contributed by atoms with E-state index in [2.05, 4.69) is 25.2 Å². The summed E-state index contributed by atoms with van der Waals surface area (Å²) in [5.41, 5.74) is 2.17. The number of halogens is 1. The third-order valence-electron chi connectivity index (χ3n) is 5.36. The van der Waals surface area contributed by atoms with Crippen molar-refractivity contribution in [1.82, 2.24) is 10.2 Å². The minimum Gasteiger partial charge on any atom is -0.314 e. The van der Waals surface area contributed by atoms with Gasteiger partial charge in [0, 0.05) is 29.1 Å². The Hall–Kier alpha value is -1.84. The van der Waals surface area contributed by atoms with Crippen molar-refractivity contribution in [3.8, 4) is 0 Å². The highest BCUT2D eigenvalue weighted by molar-refractivity contribution is 6.30. The van der Waals surface area contributed by atoms with Crippen molar-refractivity contribution in [1.29, 1.82) is 0 Å². The van der Waals surface area contributed by atoms with Gasteiger partial charge < -0.3 is 4.90 Å². The SMILES string of the molecule is CC1(C)c2ccccc2C(=O)N2CCNC21c1ccc(Cl)cc1. The van der Waals surface area contributed by atoms with Crippen molar-refractivity contribution in [2.45, 2.75) is 24.9 Å². The first kappa shape index (κ1) is 14.7. The molecule has 0 saturated carbocycles. The molecule has 2 aliphatic rings. The molecule has 1 saturated heterocycles. The highest BCUT2D eigenvalue weighted by atomic mass is 35.5. The van der Waals surface area contributed by atoms with Gasteiger partial charge in [0.15, 0.2) is 0 Å².